The highest BCUT2D eigenvalue weighted by molar-refractivity contribution is 5.99. The van der Waals surface area contributed by atoms with Gasteiger partial charge in [0, 0.05) is 37.0 Å². The van der Waals surface area contributed by atoms with Gasteiger partial charge in [-0.15, -0.1) is 0 Å². The molecule has 1 aromatic rings. The van der Waals surface area contributed by atoms with Crippen LogP contribution in [0.3, 0.4) is 0 Å². The van der Waals surface area contributed by atoms with E-state index in [4.69, 9.17) is 4.74 Å². The molecule has 0 spiro atoms. The van der Waals surface area contributed by atoms with E-state index in [9.17, 15) is 9.59 Å². The van der Waals surface area contributed by atoms with Crippen molar-refractivity contribution >= 4 is 11.7 Å². The molecule has 104 valence electrons. The number of carbonyl (C=O) groups is 2. The third kappa shape index (κ3) is 3.92. The Morgan fingerprint density at radius 3 is 2.89 bits per heavy atom. The summed E-state index contributed by atoms with van der Waals surface area (Å²) in [4.78, 5) is 23.6. The van der Waals surface area contributed by atoms with Crippen molar-refractivity contribution in [1.29, 1.82) is 0 Å². The maximum Gasteiger partial charge on any atom is 0.240 e. The number of nitrogens with one attached hydrogen (secondary N) is 1. The van der Waals surface area contributed by atoms with E-state index in [1.807, 2.05) is 6.92 Å². The van der Waals surface area contributed by atoms with Crippen LogP contribution >= 0.6 is 0 Å². The van der Waals surface area contributed by atoms with Gasteiger partial charge in [0.05, 0.1) is 6.61 Å². The Kier molecular flexibility index (Phi) is 4.37. The normalized spacial score (nSPS) is 16.1. The third-order valence-electron chi connectivity index (χ3n) is 3.13. The van der Waals surface area contributed by atoms with Crippen molar-refractivity contribution in [1.82, 2.24) is 9.88 Å². The summed E-state index contributed by atoms with van der Waals surface area (Å²) in [5.74, 6) is 0.337. The Hall–Kier alpha value is -1.62. The fourth-order valence-corrected chi connectivity index (χ4v) is 2.04. The minimum absolute atomic E-state index is 0.0133. The lowest BCUT2D eigenvalue weighted by Gasteiger charge is -2.12. The zero-order chi connectivity index (χ0) is 13.8. The number of amides is 1. The zero-order valence-corrected chi connectivity index (χ0v) is 11.4. The molecular weight excluding hydrogens is 244 g/mol. The van der Waals surface area contributed by atoms with Gasteiger partial charge >= 0.3 is 0 Å². The SMILES string of the molecule is COCC(C)NC(=O)Cn1ccc(C(=O)C2CC2)c1. The van der Waals surface area contributed by atoms with Crippen LogP contribution in [0, 0.1) is 5.92 Å². The highest BCUT2D eigenvalue weighted by atomic mass is 16.5. The summed E-state index contributed by atoms with van der Waals surface area (Å²) < 4.78 is 6.70. The number of Topliss-reactive ketones (excluding diaryl/α,β-unsaturated/α-hetero) is 1. The predicted molar refractivity (Wildman–Crippen MR) is 71.0 cm³/mol. The van der Waals surface area contributed by atoms with Gasteiger partial charge in [0.1, 0.15) is 6.54 Å². The van der Waals surface area contributed by atoms with Crippen molar-refractivity contribution in [2.75, 3.05) is 13.7 Å². The van der Waals surface area contributed by atoms with Crippen molar-refractivity contribution in [2.24, 2.45) is 5.92 Å². The van der Waals surface area contributed by atoms with Gasteiger partial charge in [0.2, 0.25) is 5.91 Å². The molecule has 0 radical (unpaired) electrons. The van der Waals surface area contributed by atoms with E-state index in [2.05, 4.69) is 5.32 Å². The molecule has 1 atom stereocenters. The maximum absolute atomic E-state index is 11.8. The van der Waals surface area contributed by atoms with Crippen LogP contribution in [0.2, 0.25) is 0 Å². The van der Waals surface area contributed by atoms with Crippen LogP contribution in [0.15, 0.2) is 18.5 Å². The molecule has 19 heavy (non-hydrogen) atoms. The molecule has 0 aromatic carbocycles. The highest BCUT2D eigenvalue weighted by Crippen LogP contribution is 2.32. The standard InChI is InChI=1S/C14H20N2O3/c1-10(9-19-2)15-13(17)8-16-6-5-12(7-16)14(18)11-3-4-11/h5-7,10-11H,3-4,8-9H2,1-2H3,(H,15,17). The summed E-state index contributed by atoms with van der Waals surface area (Å²) in [6, 6.07) is 1.77. The molecule has 1 heterocycles. The second-order valence-corrected chi connectivity index (χ2v) is 5.13. The summed E-state index contributed by atoms with van der Waals surface area (Å²) in [6.45, 7) is 2.61. The van der Waals surface area contributed by atoms with Crippen LogP contribution in [-0.2, 0) is 16.1 Å². The molecular formula is C14H20N2O3. The number of ketones is 1. The predicted octanol–water partition coefficient (Wildman–Crippen LogP) is 1.23. The van der Waals surface area contributed by atoms with Crippen molar-refractivity contribution in [3.63, 3.8) is 0 Å². The van der Waals surface area contributed by atoms with Crippen molar-refractivity contribution < 1.29 is 14.3 Å². The molecule has 1 saturated carbocycles. The van der Waals surface area contributed by atoms with Crippen molar-refractivity contribution in [3.8, 4) is 0 Å². The number of carbonyl (C=O) groups excluding carboxylic acids is 2. The molecule has 1 aromatic heterocycles. The molecule has 0 bridgehead atoms. The zero-order valence-electron chi connectivity index (χ0n) is 11.4. The topological polar surface area (TPSA) is 60.3 Å². The van der Waals surface area contributed by atoms with E-state index in [0.29, 0.717) is 12.2 Å². The van der Waals surface area contributed by atoms with E-state index in [1.165, 1.54) is 0 Å². The number of nitrogens with zero attached hydrogens (tertiary/aromatic N) is 1. The summed E-state index contributed by atoms with van der Waals surface area (Å²) in [5.41, 5.74) is 0.709. The summed E-state index contributed by atoms with van der Waals surface area (Å²) >= 11 is 0. The Morgan fingerprint density at radius 1 is 1.53 bits per heavy atom. The number of ether oxygens (including phenoxy) is 1. The van der Waals surface area contributed by atoms with E-state index in [1.54, 1.807) is 30.1 Å². The van der Waals surface area contributed by atoms with Crippen LogP contribution in [0.5, 0.6) is 0 Å². The smallest absolute Gasteiger partial charge is 0.240 e. The van der Waals surface area contributed by atoms with Crippen LogP contribution in [0.4, 0.5) is 0 Å². The molecule has 1 fully saturated rings. The monoisotopic (exact) mass is 264 g/mol. The van der Waals surface area contributed by atoms with E-state index in [0.717, 1.165) is 12.8 Å². The van der Waals surface area contributed by atoms with Gasteiger partial charge < -0.3 is 14.6 Å². The van der Waals surface area contributed by atoms with E-state index < -0.39 is 0 Å². The molecule has 0 aliphatic heterocycles. The number of methoxy groups -OCH3 is 1. The first-order valence-corrected chi connectivity index (χ1v) is 6.58. The lowest BCUT2D eigenvalue weighted by molar-refractivity contribution is -0.122. The minimum Gasteiger partial charge on any atom is -0.383 e. The molecule has 1 amide bonds. The number of aromatic nitrogens is 1. The number of rotatable bonds is 7. The van der Waals surface area contributed by atoms with Gasteiger partial charge in [-0.3, -0.25) is 9.59 Å². The van der Waals surface area contributed by atoms with Crippen LogP contribution in [-0.4, -0.2) is 36.0 Å². The summed E-state index contributed by atoms with van der Waals surface area (Å²) in [7, 11) is 1.60. The highest BCUT2D eigenvalue weighted by Gasteiger charge is 2.30. The van der Waals surface area contributed by atoms with Gasteiger partial charge in [-0.2, -0.15) is 0 Å². The Morgan fingerprint density at radius 2 is 2.26 bits per heavy atom. The van der Waals surface area contributed by atoms with E-state index in [-0.39, 0.29) is 30.2 Å². The van der Waals surface area contributed by atoms with Crippen LogP contribution in [0.25, 0.3) is 0 Å². The Labute approximate surface area is 112 Å². The first-order chi connectivity index (χ1) is 9.10. The van der Waals surface area contributed by atoms with Gasteiger partial charge in [-0.05, 0) is 25.8 Å². The Bertz CT molecular complexity index is 463. The van der Waals surface area contributed by atoms with Crippen LogP contribution in [0.1, 0.15) is 30.1 Å². The summed E-state index contributed by atoms with van der Waals surface area (Å²) in [5, 5.41) is 2.83. The molecule has 1 aliphatic rings. The average Bonchev–Trinajstić information content (AvgIpc) is 3.09. The van der Waals surface area contributed by atoms with Crippen molar-refractivity contribution in [3.05, 3.63) is 24.0 Å². The van der Waals surface area contributed by atoms with Gasteiger partial charge in [0.15, 0.2) is 5.78 Å². The first kappa shape index (κ1) is 13.8. The molecule has 2 rings (SSSR count). The molecule has 5 heteroatoms. The van der Waals surface area contributed by atoms with Gasteiger partial charge in [-0.25, -0.2) is 0 Å². The third-order valence-corrected chi connectivity index (χ3v) is 3.13. The van der Waals surface area contributed by atoms with Gasteiger partial charge in [0.25, 0.3) is 0 Å². The molecule has 1 unspecified atom stereocenters. The van der Waals surface area contributed by atoms with E-state index >= 15 is 0 Å². The quantitative estimate of drug-likeness (QED) is 0.754. The molecule has 1 aliphatic carbocycles. The minimum atomic E-state index is -0.0782. The molecule has 1 N–H and O–H groups in total. The lowest BCUT2D eigenvalue weighted by atomic mass is 10.1. The lowest BCUT2D eigenvalue weighted by Crippen LogP contribution is -2.37. The maximum atomic E-state index is 11.8. The fraction of sp³-hybridized carbons (Fsp3) is 0.571. The first-order valence-electron chi connectivity index (χ1n) is 6.58. The second kappa shape index (κ2) is 6.02. The van der Waals surface area contributed by atoms with Crippen molar-refractivity contribution in [2.45, 2.75) is 32.4 Å². The van der Waals surface area contributed by atoms with Gasteiger partial charge in [-0.1, -0.05) is 0 Å². The number of hydrogen-bond donors (Lipinski definition) is 1. The summed E-state index contributed by atoms with van der Waals surface area (Å²) in [6.07, 6.45) is 5.52. The fourth-order valence-electron chi connectivity index (χ4n) is 2.04. The molecule has 0 saturated heterocycles. The second-order valence-electron chi connectivity index (χ2n) is 5.13. The Balaban J connectivity index is 1.85. The van der Waals surface area contributed by atoms with Crippen LogP contribution < -0.4 is 5.32 Å². The number of hydrogen-bond acceptors (Lipinski definition) is 3. The molecule has 5 nitrogen and oxygen atoms in total. The largest absolute Gasteiger partial charge is 0.383 e. The average molecular weight is 264 g/mol.